The summed E-state index contributed by atoms with van der Waals surface area (Å²) in [5, 5.41) is 0. The third kappa shape index (κ3) is 1.64. The van der Waals surface area contributed by atoms with Crippen LogP contribution in [0.4, 0.5) is 0 Å². The normalized spacial score (nSPS) is 22.9. The molecule has 0 bridgehead atoms. The van der Waals surface area contributed by atoms with Crippen molar-refractivity contribution in [3.8, 4) is 0 Å². The number of hydrogen-bond acceptors (Lipinski definition) is 0. The number of rotatable bonds is 1. The van der Waals surface area contributed by atoms with Crippen LogP contribution >= 0.6 is 0 Å². The van der Waals surface area contributed by atoms with E-state index >= 15 is 0 Å². The summed E-state index contributed by atoms with van der Waals surface area (Å²) in [7, 11) is 0. The van der Waals surface area contributed by atoms with Gasteiger partial charge in [0.1, 0.15) is 0 Å². The summed E-state index contributed by atoms with van der Waals surface area (Å²) in [6, 6.07) is 0. The van der Waals surface area contributed by atoms with Gasteiger partial charge >= 0.3 is 59.3 Å². The van der Waals surface area contributed by atoms with E-state index in [9.17, 15) is 0 Å². The molecule has 0 heterocycles. The van der Waals surface area contributed by atoms with Gasteiger partial charge in [0, 0.05) is 0 Å². The predicted octanol–water partition coefficient (Wildman–Crippen LogP) is 2.42. The van der Waals surface area contributed by atoms with Gasteiger partial charge in [0.15, 0.2) is 0 Å². The van der Waals surface area contributed by atoms with Crippen molar-refractivity contribution in [1.82, 2.24) is 0 Å². The van der Waals surface area contributed by atoms with E-state index < -0.39 is 19.8 Å². The van der Waals surface area contributed by atoms with Crippen LogP contribution in [-0.2, 0) is 0 Å². The van der Waals surface area contributed by atoms with Crippen molar-refractivity contribution >= 4 is 19.8 Å². The Morgan fingerprint density at radius 3 is 1.88 bits per heavy atom. The van der Waals surface area contributed by atoms with E-state index in [4.69, 9.17) is 0 Å². The van der Waals surface area contributed by atoms with Crippen LogP contribution < -0.4 is 0 Å². The summed E-state index contributed by atoms with van der Waals surface area (Å²) in [5.41, 5.74) is 0. The van der Waals surface area contributed by atoms with E-state index in [0.717, 1.165) is 0 Å². The van der Waals surface area contributed by atoms with E-state index in [1.54, 1.807) is 25.7 Å². The third-order valence-corrected chi connectivity index (χ3v) is 9.63. The van der Waals surface area contributed by atoms with E-state index in [0.29, 0.717) is 0 Å². The standard InChI is InChI=1S/C5H9.2CH3.Sn.H/c1-2-4-5-3-1;;;;/h1H,2-5H2;2*1H3;;. The van der Waals surface area contributed by atoms with Gasteiger partial charge in [0.25, 0.3) is 0 Å². The van der Waals surface area contributed by atoms with Gasteiger partial charge in [-0.05, 0) is 0 Å². The molecule has 0 atom stereocenters. The molecule has 0 aromatic rings. The van der Waals surface area contributed by atoms with Crippen molar-refractivity contribution in [1.29, 1.82) is 0 Å². The molecular weight excluding hydrogens is 203 g/mol. The zero-order valence-electron chi connectivity index (χ0n) is 5.98. The van der Waals surface area contributed by atoms with Crippen molar-refractivity contribution < 1.29 is 0 Å². The molecule has 1 rings (SSSR count). The minimum absolute atomic E-state index is 0.820. The zero-order valence-corrected chi connectivity index (χ0v) is 9.28. The summed E-state index contributed by atoms with van der Waals surface area (Å²) in [6.45, 7) is 0. The first kappa shape index (κ1) is 6.91. The van der Waals surface area contributed by atoms with Gasteiger partial charge in [-0.2, -0.15) is 0 Å². The average Bonchev–Trinajstić information content (AvgIpc) is 2.12. The Bertz CT molecular complexity index is 62.8. The average molecular weight is 219 g/mol. The summed E-state index contributed by atoms with van der Waals surface area (Å²) in [6.07, 6.45) is 6.26. The Labute approximate surface area is 59.4 Å². The molecule has 0 aliphatic heterocycles. The molecule has 1 saturated carbocycles. The molecule has 0 radical (unpaired) electrons. The molecule has 0 unspecified atom stereocenters. The molecule has 1 fully saturated rings. The second-order valence-corrected chi connectivity index (χ2v) is 13.1. The topological polar surface area (TPSA) is 0 Å². The first-order valence-electron chi connectivity index (χ1n) is 3.80. The van der Waals surface area contributed by atoms with E-state index in [-0.39, 0.29) is 0 Å². The Balaban J connectivity index is 2.24. The first-order valence-corrected chi connectivity index (χ1v) is 12.3. The van der Waals surface area contributed by atoms with Crippen molar-refractivity contribution in [3.05, 3.63) is 0 Å². The fourth-order valence-electron chi connectivity index (χ4n) is 1.62. The molecule has 0 amide bonds. The van der Waals surface area contributed by atoms with Crippen LogP contribution in [0.1, 0.15) is 25.7 Å². The maximum atomic E-state index is 2.55. The summed E-state index contributed by atoms with van der Waals surface area (Å²) in [5.74, 6) is 0. The van der Waals surface area contributed by atoms with E-state index in [1.807, 2.05) is 0 Å². The van der Waals surface area contributed by atoms with Crippen LogP contribution in [0.5, 0.6) is 0 Å². The SMILES string of the molecule is [CH3][SnH]([CH3])[CH]1CCCC1. The quantitative estimate of drug-likeness (QED) is 0.594. The summed E-state index contributed by atoms with van der Waals surface area (Å²) >= 11 is -0.820. The van der Waals surface area contributed by atoms with Gasteiger partial charge < -0.3 is 0 Å². The Hall–Kier alpha value is 0.799. The number of hydrogen-bond donors (Lipinski definition) is 0. The molecule has 48 valence electrons. The van der Waals surface area contributed by atoms with E-state index in [1.165, 1.54) is 3.93 Å². The molecular formula is C7H16Sn. The fraction of sp³-hybridized carbons (Fsp3) is 1.00. The van der Waals surface area contributed by atoms with Gasteiger partial charge in [-0.1, -0.05) is 0 Å². The van der Waals surface area contributed by atoms with Crippen LogP contribution in [0.25, 0.3) is 0 Å². The van der Waals surface area contributed by atoms with Crippen molar-refractivity contribution in [3.63, 3.8) is 0 Å². The van der Waals surface area contributed by atoms with Gasteiger partial charge in [0.05, 0.1) is 0 Å². The minimum atomic E-state index is -0.820. The van der Waals surface area contributed by atoms with Crippen LogP contribution in [0.3, 0.4) is 0 Å². The van der Waals surface area contributed by atoms with Crippen molar-refractivity contribution in [2.24, 2.45) is 0 Å². The van der Waals surface area contributed by atoms with Gasteiger partial charge in [-0.3, -0.25) is 0 Å². The molecule has 8 heavy (non-hydrogen) atoms. The Morgan fingerprint density at radius 1 is 1.12 bits per heavy atom. The molecule has 0 spiro atoms. The molecule has 1 aliphatic rings. The Kier molecular flexibility index (Phi) is 2.67. The monoisotopic (exact) mass is 220 g/mol. The molecule has 1 aliphatic carbocycles. The van der Waals surface area contributed by atoms with Gasteiger partial charge in [-0.25, -0.2) is 0 Å². The van der Waals surface area contributed by atoms with Crippen molar-refractivity contribution in [2.45, 2.75) is 39.5 Å². The Morgan fingerprint density at radius 2 is 1.62 bits per heavy atom. The molecule has 0 aromatic heterocycles. The maximum absolute atomic E-state index is 2.55. The first-order chi connectivity index (χ1) is 3.80. The van der Waals surface area contributed by atoms with Crippen LogP contribution in [0.15, 0.2) is 0 Å². The second-order valence-electron chi connectivity index (χ2n) is 3.29. The molecule has 0 saturated heterocycles. The summed E-state index contributed by atoms with van der Waals surface area (Å²) < 4.78 is 1.27. The van der Waals surface area contributed by atoms with Gasteiger partial charge in [0.2, 0.25) is 0 Å². The second kappa shape index (κ2) is 3.09. The van der Waals surface area contributed by atoms with Crippen LogP contribution in [0.2, 0.25) is 13.8 Å². The molecule has 0 nitrogen and oxygen atoms in total. The molecule has 0 N–H and O–H groups in total. The van der Waals surface area contributed by atoms with Crippen molar-refractivity contribution in [2.75, 3.05) is 0 Å². The van der Waals surface area contributed by atoms with Gasteiger partial charge in [-0.15, -0.1) is 0 Å². The summed E-state index contributed by atoms with van der Waals surface area (Å²) in [4.78, 5) is 5.11. The zero-order chi connectivity index (χ0) is 5.98. The van der Waals surface area contributed by atoms with Crippen LogP contribution in [-0.4, -0.2) is 19.8 Å². The third-order valence-electron chi connectivity index (χ3n) is 2.34. The molecule has 0 aromatic carbocycles. The molecule has 1 heteroatoms. The van der Waals surface area contributed by atoms with Crippen LogP contribution in [0, 0.1) is 0 Å². The van der Waals surface area contributed by atoms with E-state index in [2.05, 4.69) is 9.88 Å². The fourth-order valence-corrected chi connectivity index (χ4v) is 6.77. The predicted molar refractivity (Wildman–Crippen MR) is 41.1 cm³/mol.